The number of alkyl halides is 4. The smallest absolute Gasteiger partial charge is 0.374 e. The highest BCUT2D eigenvalue weighted by Crippen LogP contribution is 2.34. The van der Waals surface area contributed by atoms with Crippen molar-refractivity contribution >= 4 is 22.6 Å². The standard InChI is InChI=1S/C10H16F3IO/c11-10(12,13)6-7-15-9(8-14)4-2-1-3-5-9/h1-8H2. The summed E-state index contributed by atoms with van der Waals surface area (Å²) in [6.45, 7) is -0.188. The highest BCUT2D eigenvalue weighted by atomic mass is 127. The molecular formula is C10H16F3IO. The Hall–Kier alpha value is 0.480. The molecule has 0 aromatic rings. The van der Waals surface area contributed by atoms with Gasteiger partial charge in [0.25, 0.3) is 0 Å². The maximum atomic E-state index is 12.0. The Kier molecular flexibility index (Phi) is 5.15. The van der Waals surface area contributed by atoms with Gasteiger partial charge in [0.05, 0.1) is 18.6 Å². The minimum atomic E-state index is -4.10. The summed E-state index contributed by atoms with van der Waals surface area (Å²) >= 11 is 2.21. The van der Waals surface area contributed by atoms with E-state index in [2.05, 4.69) is 22.6 Å². The lowest BCUT2D eigenvalue weighted by Gasteiger charge is -2.35. The fraction of sp³-hybridized carbons (Fsp3) is 1.00. The maximum Gasteiger partial charge on any atom is 0.391 e. The van der Waals surface area contributed by atoms with Crippen molar-refractivity contribution in [3.05, 3.63) is 0 Å². The molecule has 90 valence electrons. The Morgan fingerprint density at radius 3 is 2.20 bits per heavy atom. The first-order valence-electron chi connectivity index (χ1n) is 5.24. The molecule has 1 aliphatic rings. The predicted octanol–water partition coefficient (Wildman–Crippen LogP) is 4.09. The zero-order valence-corrected chi connectivity index (χ0v) is 10.7. The van der Waals surface area contributed by atoms with Crippen LogP contribution in [0.25, 0.3) is 0 Å². The average molecular weight is 336 g/mol. The van der Waals surface area contributed by atoms with Gasteiger partial charge in [-0.05, 0) is 12.8 Å². The summed E-state index contributed by atoms with van der Waals surface area (Å²) in [5.41, 5.74) is -0.274. The van der Waals surface area contributed by atoms with Gasteiger partial charge >= 0.3 is 6.18 Å². The molecule has 1 fully saturated rings. The molecule has 1 nitrogen and oxygen atoms in total. The molecule has 0 saturated heterocycles. The second-order valence-electron chi connectivity index (χ2n) is 4.09. The lowest BCUT2D eigenvalue weighted by molar-refractivity contribution is -0.158. The lowest BCUT2D eigenvalue weighted by atomic mass is 9.86. The molecule has 1 rings (SSSR count). The third-order valence-electron chi connectivity index (χ3n) is 2.80. The molecule has 0 aliphatic heterocycles. The van der Waals surface area contributed by atoms with Gasteiger partial charge in [0.1, 0.15) is 0 Å². The topological polar surface area (TPSA) is 9.23 Å². The van der Waals surface area contributed by atoms with Crippen molar-refractivity contribution in [2.75, 3.05) is 11.0 Å². The van der Waals surface area contributed by atoms with Gasteiger partial charge in [0.2, 0.25) is 0 Å². The SMILES string of the molecule is FC(F)(F)CCOC1(CI)CCCCC1. The Morgan fingerprint density at radius 1 is 1.13 bits per heavy atom. The molecule has 1 saturated carbocycles. The van der Waals surface area contributed by atoms with E-state index in [-0.39, 0.29) is 12.2 Å². The summed E-state index contributed by atoms with van der Waals surface area (Å²) in [4.78, 5) is 0. The zero-order chi connectivity index (χ0) is 11.4. The lowest BCUT2D eigenvalue weighted by Crippen LogP contribution is -2.37. The highest BCUT2D eigenvalue weighted by molar-refractivity contribution is 14.1. The fourth-order valence-corrected chi connectivity index (χ4v) is 2.88. The van der Waals surface area contributed by atoms with Crippen molar-refractivity contribution in [1.29, 1.82) is 0 Å². The monoisotopic (exact) mass is 336 g/mol. The van der Waals surface area contributed by atoms with Gasteiger partial charge in [-0.15, -0.1) is 0 Å². The molecule has 0 amide bonds. The average Bonchev–Trinajstić information content (AvgIpc) is 2.17. The second kappa shape index (κ2) is 5.70. The van der Waals surface area contributed by atoms with Crippen LogP contribution in [-0.4, -0.2) is 22.8 Å². The van der Waals surface area contributed by atoms with Crippen LogP contribution < -0.4 is 0 Å². The van der Waals surface area contributed by atoms with E-state index in [1.54, 1.807) is 0 Å². The summed E-state index contributed by atoms with van der Waals surface area (Å²) in [5.74, 6) is 0. The minimum absolute atomic E-state index is 0.188. The van der Waals surface area contributed by atoms with Gasteiger partial charge in [0, 0.05) is 4.43 Å². The first-order valence-corrected chi connectivity index (χ1v) is 6.77. The Labute approximate surface area is 102 Å². The van der Waals surface area contributed by atoms with Crippen LogP contribution in [0.1, 0.15) is 38.5 Å². The van der Waals surface area contributed by atoms with E-state index in [1.807, 2.05) is 0 Å². The highest BCUT2D eigenvalue weighted by Gasteiger charge is 2.34. The molecule has 0 unspecified atom stereocenters. The second-order valence-corrected chi connectivity index (χ2v) is 4.85. The largest absolute Gasteiger partial charge is 0.391 e. The zero-order valence-electron chi connectivity index (χ0n) is 8.58. The van der Waals surface area contributed by atoms with Gasteiger partial charge in [-0.2, -0.15) is 13.2 Å². The normalized spacial score (nSPS) is 21.6. The minimum Gasteiger partial charge on any atom is -0.374 e. The molecule has 0 atom stereocenters. The third kappa shape index (κ3) is 4.89. The number of hydrogen-bond acceptors (Lipinski definition) is 1. The van der Waals surface area contributed by atoms with Gasteiger partial charge in [0.15, 0.2) is 0 Å². The van der Waals surface area contributed by atoms with Gasteiger partial charge in [-0.1, -0.05) is 41.9 Å². The van der Waals surface area contributed by atoms with Crippen LogP contribution in [0, 0.1) is 0 Å². The van der Waals surface area contributed by atoms with Crippen molar-refractivity contribution in [2.45, 2.75) is 50.3 Å². The van der Waals surface area contributed by atoms with E-state index < -0.39 is 12.6 Å². The van der Waals surface area contributed by atoms with Crippen LogP contribution in [0.3, 0.4) is 0 Å². The summed E-state index contributed by atoms with van der Waals surface area (Å²) in [6.07, 6.45) is 0.235. The molecule has 0 spiro atoms. The van der Waals surface area contributed by atoms with E-state index in [0.717, 1.165) is 30.1 Å². The van der Waals surface area contributed by atoms with E-state index >= 15 is 0 Å². The van der Waals surface area contributed by atoms with Crippen LogP contribution in [-0.2, 0) is 4.74 Å². The van der Waals surface area contributed by atoms with Gasteiger partial charge in [-0.3, -0.25) is 0 Å². The van der Waals surface area contributed by atoms with Crippen molar-refractivity contribution in [1.82, 2.24) is 0 Å². The first-order chi connectivity index (χ1) is 6.97. The first kappa shape index (κ1) is 13.5. The molecule has 0 aromatic carbocycles. The van der Waals surface area contributed by atoms with E-state index in [0.29, 0.717) is 0 Å². The van der Waals surface area contributed by atoms with E-state index in [1.165, 1.54) is 6.42 Å². The Balaban J connectivity index is 2.33. The van der Waals surface area contributed by atoms with Crippen molar-refractivity contribution in [2.24, 2.45) is 0 Å². The van der Waals surface area contributed by atoms with Crippen molar-refractivity contribution in [3.8, 4) is 0 Å². The van der Waals surface area contributed by atoms with E-state index in [9.17, 15) is 13.2 Å². The van der Waals surface area contributed by atoms with Gasteiger partial charge < -0.3 is 4.74 Å². The van der Waals surface area contributed by atoms with Crippen LogP contribution in [0.15, 0.2) is 0 Å². The molecule has 0 heterocycles. The molecule has 0 radical (unpaired) electrons. The van der Waals surface area contributed by atoms with Crippen LogP contribution in [0.2, 0.25) is 0 Å². The summed E-state index contributed by atoms with van der Waals surface area (Å²) < 4.78 is 42.1. The third-order valence-corrected chi connectivity index (χ3v) is 4.19. The number of rotatable bonds is 4. The number of hydrogen-bond donors (Lipinski definition) is 0. The van der Waals surface area contributed by atoms with Crippen LogP contribution in [0.4, 0.5) is 13.2 Å². The van der Waals surface area contributed by atoms with Crippen molar-refractivity contribution < 1.29 is 17.9 Å². The summed E-state index contributed by atoms with van der Waals surface area (Å²) in [7, 11) is 0. The van der Waals surface area contributed by atoms with E-state index in [4.69, 9.17) is 4.74 Å². The number of ether oxygens (including phenoxy) is 1. The van der Waals surface area contributed by atoms with Crippen LogP contribution in [0.5, 0.6) is 0 Å². The Morgan fingerprint density at radius 2 is 1.73 bits per heavy atom. The molecule has 15 heavy (non-hydrogen) atoms. The predicted molar refractivity (Wildman–Crippen MR) is 61.3 cm³/mol. The summed E-state index contributed by atoms with van der Waals surface area (Å²) in [5, 5.41) is 0. The summed E-state index contributed by atoms with van der Waals surface area (Å²) in [6, 6.07) is 0. The van der Waals surface area contributed by atoms with Crippen molar-refractivity contribution in [3.63, 3.8) is 0 Å². The molecule has 0 aromatic heterocycles. The number of halogens is 4. The fourth-order valence-electron chi connectivity index (χ4n) is 1.90. The molecule has 0 bridgehead atoms. The molecule has 0 N–H and O–H groups in total. The van der Waals surface area contributed by atoms with Crippen LogP contribution >= 0.6 is 22.6 Å². The maximum absolute atomic E-state index is 12.0. The quantitative estimate of drug-likeness (QED) is 0.555. The molecule has 5 heteroatoms. The molecule has 1 aliphatic carbocycles. The molecular weight excluding hydrogens is 320 g/mol. The Bertz CT molecular complexity index is 188. The van der Waals surface area contributed by atoms with Gasteiger partial charge in [-0.25, -0.2) is 0 Å².